The number of amides is 2. The van der Waals surface area contributed by atoms with Crippen LogP contribution in [0.1, 0.15) is 78.4 Å². The van der Waals surface area contributed by atoms with Crippen molar-refractivity contribution in [1.29, 1.82) is 0 Å². The van der Waals surface area contributed by atoms with Crippen molar-refractivity contribution in [2.75, 3.05) is 19.6 Å². The zero-order valence-corrected chi connectivity index (χ0v) is 28.3. The van der Waals surface area contributed by atoms with Gasteiger partial charge in [0.2, 0.25) is 5.91 Å². The van der Waals surface area contributed by atoms with Gasteiger partial charge in [-0.2, -0.15) is 0 Å². The number of nitrogens with two attached hydrogens (primary N) is 1. The summed E-state index contributed by atoms with van der Waals surface area (Å²) in [5.41, 5.74) is 9.65. The maximum Gasteiger partial charge on any atom is 0.336 e. The molecule has 11 nitrogen and oxygen atoms in total. The van der Waals surface area contributed by atoms with Crippen molar-refractivity contribution < 1.29 is 19.5 Å². The minimum absolute atomic E-state index is 0. The van der Waals surface area contributed by atoms with Gasteiger partial charge in [0.25, 0.3) is 5.91 Å². The maximum atomic E-state index is 13.2. The third-order valence-electron chi connectivity index (χ3n) is 7.53. The fourth-order valence-electron chi connectivity index (χ4n) is 5.12. The molecule has 4 aromatic rings. The molecule has 0 radical (unpaired) electrons. The molecule has 0 spiro atoms. The quantitative estimate of drug-likeness (QED) is 0.147. The van der Waals surface area contributed by atoms with Crippen LogP contribution in [0.4, 0.5) is 0 Å². The van der Waals surface area contributed by atoms with E-state index in [0.29, 0.717) is 29.6 Å². The Morgan fingerprint density at radius 2 is 1.79 bits per heavy atom. The second kappa shape index (κ2) is 15.4. The van der Waals surface area contributed by atoms with Crippen molar-refractivity contribution in [3.05, 3.63) is 97.4 Å². The molecular weight excluding hydrogens is 661 g/mol. The van der Waals surface area contributed by atoms with Gasteiger partial charge in [0.15, 0.2) is 5.82 Å². The Labute approximate surface area is 287 Å². The molecule has 0 saturated heterocycles. The molecule has 47 heavy (non-hydrogen) atoms. The third-order valence-corrected chi connectivity index (χ3v) is 8.98. The van der Waals surface area contributed by atoms with Gasteiger partial charge in [0, 0.05) is 45.2 Å². The molecule has 2 amide bonds. The predicted molar refractivity (Wildman–Crippen MR) is 184 cm³/mol. The zero-order chi connectivity index (χ0) is 33.0. The molecule has 1 aliphatic heterocycles. The second-order valence-electron chi connectivity index (χ2n) is 10.6. The van der Waals surface area contributed by atoms with Crippen LogP contribution in [-0.4, -0.2) is 63.0 Å². The summed E-state index contributed by atoms with van der Waals surface area (Å²) < 4.78 is 2.00. The standard InChI is InChI=1S/C33H32ClN7O4S.ClH/c1-18-19(2)46-32-28(18)29(21-7-10-24(34)11-8-21)38-26(30-40-39-20(3)41(30)32)17-27(42)36-14-5-15-37-31(43)23-9-12-25(33(44)45)22(16-23)6-4-13-35;/h7-12,16,26H,5,13-15,17,35H2,1-3H3,(H,36,42)(H,37,43)(H,44,45);1H/t26-;/m0./s1. The Bertz CT molecular complexity index is 1920. The van der Waals surface area contributed by atoms with Crippen molar-refractivity contribution in [1.82, 2.24) is 25.4 Å². The van der Waals surface area contributed by atoms with E-state index in [1.54, 1.807) is 11.3 Å². The third kappa shape index (κ3) is 7.72. The number of halogens is 2. The van der Waals surface area contributed by atoms with Gasteiger partial charge in [-0.25, -0.2) is 4.79 Å². The SMILES string of the molecule is Cc1sc2c(c1C)C(c1ccc(Cl)cc1)=N[C@@H](CC(=O)NCCCNC(=O)c1ccc(C(=O)O)c(C#CCN)c1)c1nnc(C)n1-2.Cl. The lowest BCUT2D eigenvalue weighted by Crippen LogP contribution is -2.30. The molecule has 244 valence electrons. The Morgan fingerprint density at radius 3 is 2.49 bits per heavy atom. The van der Waals surface area contributed by atoms with Crippen LogP contribution in [0.3, 0.4) is 0 Å². The Morgan fingerprint density at radius 1 is 1.06 bits per heavy atom. The van der Waals surface area contributed by atoms with Gasteiger partial charge in [-0.1, -0.05) is 35.6 Å². The van der Waals surface area contributed by atoms with Gasteiger partial charge in [-0.15, -0.1) is 33.9 Å². The smallest absolute Gasteiger partial charge is 0.336 e. The molecule has 2 aromatic carbocycles. The van der Waals surface area contributed by atoms with Crippen LogP contribution < -0.4 is 16.4 Å². The highest BCUT2D eigenvalue weighted by Crippen LogP contribution is 2.39. The Kier molecular flexibility index (Phi) is 11.5. The lowest BCUT2D eigenvalue weighted by molar-refractivity contribution is -0.121. The fraction of sp³-hybridized carbons (Fsp3) is 0.273. The van der Waals surface area contributed by atoms with E-state index < -0.39 is 12.0 Å². The number of hydrogen-bond donors (Lipinski definition) is 4. The number of aromatic carboxylic acids is 1. The number of hydrogen-bond acceptors (Lipinski definition) is 8. The van der Waals surface area contributed by atoms with Gasteiger partial charge in [0.1, 0.15) is 16.9 Å². The number of nitrogens with one attached hydrogen (secondary N) is 2. The van der Waals surface area contributed by atoms with E-state index in [1.807, 2.05) is 35.8 Å². The summed E-state index contributed by atoms with van der Waals surface area (Å²) in [6.07, 6.45) is 0.524. The minimum atomic E-state index is -1.14. The monoisotopic (exact) mass is 693 g/mol. The number of fused-ring (bicyclic) bond motifs is 3. The van der Waals surface area contributed by atoms with Crippen LogP contribution >= 0.6 is 35.3 Å². The first-order chi connectivity index (χ1) is 22.1. The highest BCUT2D eigenvalue weighted by molar-refractivity contribution is 7.15. The largest absolute Gasteiger partial charge is 0.478 e. The van der Waals surface area contributed by atoms with Crippen LogP contribution in [-0.2, 0) is 4.79 Å². The number of nitrogens with zero attached hydrogens (tertiary/aromatic N) is 4. The highest BCUT2D eigenvalue weighted by atomic mass is 35.5. The fourth-order valence-corrected chi connectivity index (χ4v) is 6.46. The number of carbonyl (C=O) groups excluding carboxylic acids is 2. The maximum absolute atomic E-state index is 13.2. The van der Waals surface area contributed by atoms with Crippen molar-refractivity contribution in [2.45, 2.75) is 39.7 Å². The zero-order valence-electron chi connectivity index (χ0n) is 25.9. The van der Waals surface area contributed by atoms with Crippen molar-refractivity contribution >= 4 is 58.8 Å². The summed E-state index contributed by atoms with van der Waals surface area (Å²) in [6, 6.07) is 11.1. The number of carboxylic acids is 1. The van der Waals surface area contributed by atoms with E-state index in [9.17, 15) is 19.5 Å². The highest BCUT2D eigenvalue weighted by Gasteiger charge is 2.32. The summed E-state index contributed by atoms with van der Waals surface area (Å²) in [5, 5.41) is 25.5. The summed E-state index contributed by atoms with van der Waals surface area (Å²) in [7, 11) is 0. The number of benzene rings is 2. The number of carbonyl (C=O) groups is 3. The Balaban J connectivity index is 0.00000500. The summed E-state index contributed by atoms with van der Waals surface area (Å²) >= 11 is 7.83. The molecule has 14 heteroatoms. The molecule has 1 aliphatic rings. The van der Waals surface area contributed by atoms with Gasteiger partial charge < -0.3 is 21.5 Å². The second-order valence-corrected chi connectivity index (χ2v) is 12.3. The summed E-state index contributed by atoms with van der Waals surface area (Å²) in [4.78, 5) is 43.6. The van der Waals surface area contributed by atoms with Gasteiger partial charge >= 0.3 is 5.97 Å². The summed E-state index contributed by atoms with van der Waals surface area (Å²) in [6.45, 7) is 6.71. The molecule has 3 heterocycles. The minimum Gasteiger partial charge on any atom is -0.478 e. The summed E-state index contributed by atoms with van der Waals surface area (Å²) in [5.74, 6) is 4.88. The molecule has 0 bridgehead atoms. The molecule has 5 rings (SSSR count). The lowest BCUT2D eigenvalue weighted by atomic mass is 9.99. The molecule has 0 unspecified atom stereocenters. The molecule has 0 fully saturated rings. The van der Waals surface area contributed by atoms with Crippen molar-refractivity contribution in [2.24, 2.45) is 10.7 Å². The first-order valence-corrected chi connectivity index (χ1v) is 15.8. The average molecular weight is 695 g/mol. The topological polar surface area (TPSA) is 165 Å². The molecule has 2 aromatic heterocycles. The predicted octanol–water partition coefficient (Wildman–Crippen LogP) is 4.56. The molecule has 5 N–H and O–H groups in total. The van der Waals surface area contributed by atoms with Gasteiger partial charge in [0.05, 0.1) is 24.2 Å². The van der Waals surface area contributed by atoms with Crippen LogP contribution in [0, 0.1) is 32.6 Å². The van der Waals surface area contributed by atoms with Crippen molar-refractivity contribution in [3.8, 4) is 16.8 Å². The van der Waals surface area contributed by atoms with E-state index in [0.717, 1.165) is 32.3 Å². The molecule has 0 saturated carbocycles. The number of aliphatic imine (C=N–C) groups is 1. The number of rotatable bonds is 9. The van der Waals surface area contributed by atoms with Crippen molar-refractivity contribution in [3.63, 3.8) is 0 Å². The Hall–Kier alpha value is -4.54. The number of thiophene rings is 1. The van der Waals surface area contributed by atoms with E-state index in [2.05, 4.69) is 46.5 Å². The van der Waals surface area contributed by atoms with Crippen LogP contribution in [0.2, 0.25) is 5.02 Å². The molecule has 1 atom stereocenters. The number of aryl methyl sites for hydroxylation is 2. The molecular formula is C33H33Cl2N7O4S. The normalized spacial score (nSPS) is 13.1. The molecule has 0 aliphatic carbocycles. The van der Waals surface area contributed by atoms with Crippen LogP contribution in [0.15, 0.2) is 47.5 Å². The van der Waals surface area contributed by atoms with Gasteiger partial charge in [-0.3, -0.25) is 19.1 Å². The first kappa shape index (κ1) is 35.3. The number of aromatic nitrogens is 3. The average Bonchev–Trinajstić information content (AvgIpc) is 3.51. The number of carboxylic acid groups (broad SMARTS) is 1. The van der Waals surface area contributed by atoms with Gasteiger partial charge in [-0.05, 0) is 63.1 Å². The van der Waals surface area contributed by atoms with E-state index in [4.69, 9.17) is 22.3 Å². The van der Waals surface area contributed by atoms with Crippen LogP contribution in [0.5, 0.6) is 0 Å². The lowest BCUT2D eigenvalue weighted by Gasteiger charge is -2.13. The van der Waals surface area contributed by atoms with Crippen LogP contribution in [0.25, 0.3) is 5.00 Å². The van der Waals surface area contributed by atoms with E-state index in [-0.39, 0.29) is 60.4 Å². The van der Waals surface area contributed by atoms with E-state index >= 15 is 0 Å². The first-order valence-electron chi connectivity index (χ1n) is 14.6. The van der Waals surface area contributed by atoms with E-state index in [1.165, 1.54) is 18.2 Å².